The van der Waals surface area contributed by atoms with Crippen LogP contribution in [0.15, 0.2) is 48.5 Å². The van der Waals surface area contributed by atoms with E-state index in [0.29, 0.717) is 13.0 Å². The third-order valence-corrected chi connectivity index (χ3v) is 3.71. The Morgan fingerprint density at radius 1 is 1.14 bits per heavy atom. The number of esters is 1. The Hall–Kier alpha value is -3.49. The average Bonchev–Trinajstić information content (AvgIpc) is 2.68. The Kier molecular flexibility index (Phi) is 7.44. The first kappa shape index (κ1) is 20.8. The van der Waals surface area contributed by atoms with Gasteiger partial charge in [0.15, 0.2) is 12.7 Å². The van der Waals surface area contributed by atoms with Crippen LogP contribution in [0.3, 0.4) is 0 Å². The monoisotopic (exact) mass is 390 g/mol. The smallest absolute Gasteiger partial charge is 0.344 e. The molecule has 0 saturated heterocycles. The van der Waals surface area contributed by atoms with Gasteiger partial charge in [-0.2, -0.15) is 0 Å². The van der Waals surface area contributed by atoms with Crippen LogP contribution in [-0.4, -0.2) is 36.1 Å². The predicted octanol–water partition coefficient (Wildman–Crippen LogP) is 2.40. The summed E-state index contributed by atoms with van der Waals surface area (Å²) in [6.07, 6.45) is -0.503. The summed E-state index contributed by atoms with van der Waals surface area (Å²) in [6, 6.07) is 11.1. The number of benzene rings is 2. The minimum Gasteiger partial charge on any atom is -0.482 e. The van der Waals surface area contributed by atoms with Crippen molar-refractivity contribution in [3.8, 4) is 5.75 Å². The number of halogens is 1. The number of amides is 1. The van der Waals surface area contributed by atoms with Gasteiger partial charge in [0.2, 0.25) is 0 Å². The van der Waals surface area contributed by atoms with Crippen molar-refractivity contribution in [2.75, 3.05) is 13.2 Å². The predicted molar refractivity (Wildman–Crippen MR) is 97.3 cm³/mol. The van der Waals surface area contributed by atoms with E-state index in [9.17, 15) is 24.1 Å². The standard InChI is InChI=1S/C19H19FN2O6/c1-13(19(24)21-11-10-14-2-4-15(20)5-3-14)28-18(23)12-27-17-8-6-16(7-9-17)22(25)26/h2-9,13H,10-12H2,1H3,(H,21,24)/t13-/m1/s1. The van der Waals surface area contributed by atoms with Gasteiger partial charge in [0.1, 0.15) is 11.6 Å². The zero-order chi connectivity index (χ0) is 20.5. The second-order valence-corrected chi connectivity index (χ2v) is 5.84. The lowest BCUT2D eigenvalue weighted by Gasteiger charge is -2.14. The largest absolute Gasteiger partial charge is 0.482 e. The summed E-state index contributed by atoms with van der Waals surface area (Å²) in [5, 5.41) is 13.2. The first-order valence-corrected chi connectivity index (χ1v) is 8.44. The summed E-state index contributed by atoms with van der Waals surface area (Å²) in [4.78, 5) is 33.7. The van der Waals surface area contributed by atoms with Gasteiger partial charge in [0.25, 0.3) is 11.6 Å². The van der Waals surface area contributed by atoms with Crippen molar-refractivity contribution in [2.24, 2.45) is 0 Å². The molecule has 0 fully saturated rings. The number of nitrogens with one attached hydrogen (secondary N) is 1. The maximum atomic E-state index is 12.8. The van der Waals surface area contributed by atoms with Gasteiger partial charge in [0, 0.05) is 18.7 Å². The first-order valence-electron chi connectivity index (χ1n) is 8.44. The van der Waals surface area contributed by atoms with Gasteiger partial charge in [0.05, 0.1) is 4.92 Å². The minimum atomic E-state index is -1.01. The number of carbonyl (C=O) groups excluding carboxylic acids is 2. The lowest BCUT2D eigenvalue weighted by atomic mass is 10.1. The first-order chi connectivity index (χ1) is 13.3. The number of non-ortho nitro benzene ring substituents is 1. The summed E-state index contributed by atoms with van der Waals surface area (Å²) < 4.78 is 23.0. The van der Waals surface area contributed by atoms with Crippen LogP contribution in [-0.2, 0) is 20.7 Å². The van der Waals surface area contributed by atoms with Gasteiger partial charge >= 0.3 is 5.97 Å². The molecule has 8 nitrogen and oxygen atoms in total. The molecule has 0 unspecified atom stereocenters. The quantitative estimate of drug-likeness (QED) is 0.400. The SMILES string of the molecule is C[C@@H](OC(=O)COc1ccc([N+](=O)[O-])cc1)C(=O)NCCc1ccc(F)cc1. The molecule has 148 valence electrons. The molecule has 28 heavy (non-hydrogen) atoms. The number of hydrogen-bond acceptors (Lipinski definition) is 6. The van der Waals surface area contributed by atoms with E-state index in [0.717, 1.165) is 5.56 Å². The van der Waals surface area contributed by atoms with Crippen molar-refractivity contribution in [3.05, 3.63) is 70.0 Å². The van der Waals surface area contributed by atoms with E-state index in [4.69, 9.17) is 9.47 Å². The van der Waals surface area contributed by atoms with Crippen LogP contribution in [0.1, 0.15) is 12.5 Å². The molecule has 0 aliphatic carbocycles. The minimum absolute atomic E-state index is 0.0964. The molecule has 1 atom stereocenters. The molecule has 0 aliphatic heterocycles. The normalized spacial score (nSPS) is 11.4. The fourth-order valence-corrected chi connectivity index (χ4v) is 2.22. The Balaban J connectivity index is 1.69. The van der Waals surface area contributed by atoms with Crippen LogP contribution in [0, 0.1) is 15.9 Å². The molecule has 1 N–H and O–H groups in total. The van der Waals surface area contributed by atoms with Crippen LogP contribution in [0.4, 0.5) is 10.1 Å². The molecular weight excluding hydrogens is 371 g/mol. The fourth-order valence-electron chi connectivity index (χ4n) is 2.22. The van der Waals surface area contributed by atoms with Crippen LogP contribution < -0.4 is 10.1 Å². The Morgan fingerprint density at radius 2 is 1.79 bits per heavy atom. The van der Waals surface area contributed by atoms with E-state index in [1.54, 1.807) is 12.1 Å². The van der Waals surface area contributed by atoms with E-state index in [2.05, 4.69) is 5.32 Å². The maximum Gasteiger partial charge on any atom is 0.344 e. The van der Waals surface area contributed by atoms with Gasteiger partial charge in [-0.25, -0.2) is 9.18 Å². The molecule has 0 saturated carbocycles. The molecule has 0 spiro atoms. The highest BCUT2D eigenvalue weighted by atomic mass is 19.1. The van der Waals surface area contributed by atoms with E-state index in [-0.39, 0.29) is 17.3 Å². The highest BCUT2D eigenvalue weighted by Crippen LogP contribution is 2.17. The molecule has 0 aliphatic rings. The van der Waals surface area contributed by atoms with Crippen molar-refractivity contribution in [3.63, 3.8) is 0 Å². The Bertz CT molecular complexity index is 823. The van der Waals surface area contributed by atoms with Crippen molar-refractivity contribution < 1.29 is 28.4 Å². The molecule has 0 bridgehead atoms. The molecule has 9 heteroatoms. The highest BCUT2D eigenvalue weighted by Gasteiger charge is 2.18. The van der Waals surface area contributed by atoms with Crippen LogP contribution >= 0.6 is 0 Å². The number of ether oxygens (including phenoxy) is 2. The summed E-state index contributed by atoms with van der Waals surface area (Å²) in [7, 11) is 0. The average molecular weight is 390 g/mol. The molecule has 0 heterocycles. The van der Waals surface area contributed by atoms with Crippen LogP contribution in [0.25, 0.3) is 0 Å². The molecular formula is C19H19FN2O6. The van der Waals surface area contributed by atoms with Crippen LogP contribution in [0.5, 0.6) is 5.75 Å². The van der Waals surface area contributed by atoms with Gasteiger partial charge < -0.3 is 14.8 Å². The van der Waals surface area contributed by atoms with Crippen molar-refractivity contribution >= 4 is 17.6 Å². The van der Waals surface area contributed by atoms with Crippen molar-refractivity contribution in [1.82, 2.24) is 5.32 Å². The lowest BCUT2D eigenvalue weighted by Crippen LogP contribution is -2.37. The van der Waals surface area contributed by atoms with Crippen molar-refractivity contribution in [1.29, 1.82) is 0 Å². The Morgan fingerprint density at radius 3 is 2.39 bits per heavy atom. The summed E-state index contributed by atoms with van der Waals surface area (Å²) in [6.45, 7) is 1.30. The number of carbonyl (C=O) groups is 2. The number of nitro groups is 1. The molecule has 0 radical (unpaired) electrons. The number of nitrogens with zero attached hydrogens (tertiary/aromatic N) is 1. The summed E-state index contributed by atoms with van der Waals surface area (Å²) >= 11 is 0. The molecule has 0 aromatic heterocycles. The molecule has 2 aromatic carbocycles. The van der Waals surface area contributed by atoms with Crippen LogP contribution in [0.2, 0.25) is 0 Å². The zero-order valence-corrected chi connectivity index (χ0v) is 15.1. The zero-order valence-electron chi connectivity index (χ0n) is 15.1. The van der Waals surface area contributed by atoms with E-state index in [1.807, 2.05) is 0 Å². The lowest BCUT2D eigenvalue weighted by molar-refractivity contribution is -0.384. The fraction of sp³-hybridized carbons (Fsp3) is 0.263. The number of rotatable bonds is 9. The third-order valence-electron chi connectivity index (χ3n) is 3.71. The van der Waals surface area contributed by atoms with Crippen molar-refractivity contribution in [2.45, 2.75) is 19.4 Å². The second kappa shape index (κ2) is 10.0. The topological polar surface area (TPSA) is 108 Å². The van der Waals surface area contributed by atoms with Gasteiger partial charge in [-0.1, -0.05) is 12.1 Å². The highest BCUT2D eigenvalue weighted by molar-refractivity contribution is 5.83. The maximum absolute atomic E-state index is 12.8. The van der Waals surface area contributed by atoms with E-state index in [1.165, 1.54) is 43.3 Å². The Labute approximate surface area is 160 Å². The number of hydrogen-bond donors (Lipinski definition) is 1. The summed E-state index contributed by atoms with van der Waals surface area (Å²) in [5.74, 6) is -1.28. The molecule has 2 aromatic rings. The number of nitro benzene ring substituents is 1. The molecule has 2 rings (SSSR count). The van der Waals surface area contributed by atoms with Gasteiger partial charge in [-0.05, 0) is 43.2 Å². The van der Waals surface area contributed by atoms with E-state index >= 15 is 0 Å². The third kappa shape index (κ3) is 6.67. The van der Waals surface area contributed by atoms with Gasteiger partial charge in [-0.15, -0.1) is 0 Å². The molecule has 1 amide bonds. The van der Waals surface area contributed by atoms with E-state index < -0.39 is 29.5 Å². The van der Waals surface area contributed by atoms with Gasteiger partial charge in [-0.3, -0.25) is 14.9 Å². The second-order valence-electron chi connectivity index (χ2n) is 5.84. The summed E-state index contributed by atoms with van der Waals surface area (Å²) in [5.41, 5.74) is 0.767.